The van der Waals surface area contributed by atoms with Crippen LogP contribution in [0.2, 0.25) is 0 Å². The minimum absolute atomic E-state index is 0.476. The number of hydrogen-bond acceptors (Lipinski definition) is 5. The molecule has 0 aliphatic carbocycles. The van der Waals surface area contributed by atoms with Crippen molar-refractivity contribution in [3.63, 3.8) is 0 Å². The van der Waals surface area contributed by atoms with Gasteiger partial charge in [0, 0.05) is 79.1 Å². The minimum Gasteiger partial charge on any atom is -0.306 e. The van der Waals surface area contributed by atoms with E-state index in [1.165, 1.54) is 30.3 Å². The minimum atomic E-state index is 0.476. The highest BCUT2D eigenvalue weighted by molar-refractivity contribution is 7.27. The Morgan fingerprint density at radius 2 is 0.693 bits per heavy atom. The predicted octanol–water partition coefficient (Wildman–Crippen LogP) is 19.7. The largest absolute Gasteiger partial charge is 0.306 e. The lowest BCUT2D eigenvalue weighted by Crippen LogP contribution is -2.11. The Balaban J connectivity index is 1.21. The quantitative estimate of drug-likeness (QED) is 0.172. The van der Waals surface area contributed by atoms with Crippen LogP contribution in [0.15, 0.2) is 218 Å². The summed E-state index contributed by atoms with van der Waals surface area (Å²) in [7, 11) is 0. The first-order chi connectivity index (χ1) is 37.2. The predicted molar refractivity (Wildman–Crippen MR) is 320 cm³/mol. The third-order valence-electron chi connectivity index (χ3n) is 15.4. The van der Waals surface area contributed by atoms with E-state index in [0.717, 1.165) is 96.1 Å². The van der Waals surface area contributed by atoms with Crippen LogP contribution in [0.25, 0.3) is 149 Å². The first-order valence-corrected chi connectivity index (χ1v) is 27.4. The van der Waals surface area contributed by atoms with Gasteiger partial charge in [0.05, 0.1) is 53.1 Å². The number of benzene rings is 11. The molecule has 0 fully saturated rings. The summed E-state index contributed by atoms with van der Waals surface area (Å²) in [5, 5.41) is 36.5. The van der Waals surface area contributed by atoms with E-state index in [9.17, 15) is 10.5 Å². The number of hydrogen-bond donors (Lipinski definition) is 0. The molecule has 0 saturated carbocycles. The first-order valence-electron chi connectivity index (χ1n) is 25.0. The Morgan fingerprint density at radius 1 is 0.307 bits per heavy atom. The number of nitrogens with zero attached hydrogens (tertiary/aromatic N) is 4. The highest BCUT2D eigenvalue weighted by atomic mass is 32.1. The van der Waals surface area contributed by atoms with Crippen LogP contribution < -0.4 is 0 Å². The second-order valence-corrected chi connectivity index (χ2v) is 22.4. The van der Waals surface area contributed by atoms with Gasteiger partial charge in [-0.25, -0.2) is 0 Å². The van der Waals surface area contributed by atoms with E-state index in [-0.39, 0.29) is 0 Å². The van der Waals surface area contributed by atoms with Crippen LogP contribution in [-0.4, -0.2) is 9.13 Å². The molecule has 4 nitrogen and oxygen atoms in total. The van der Waals surface area contributed by atoms with Crippen LogP contribution in [0, 0.1) is 22.7 Å². The molecule has 0 spiro atoms. The molecule has 75 heavy (non-hydrogen) atoms. The monoisotopic (exact) mass is 1000 g/mol. The van der Waals surface area contributed by atoms with E-state index in [1.54, 1.807) is 34.0 Å². The number of aromatic nitrogens is 2. The lowest BCUT2D eigenvalue weighted by atomic mass is 9.86. The van der Waals surface area contributed by atoms with E-state index >= 15 is 0 Å². The SMILES string of the molecule is N#Cc1c(-c2ccccc2)c(-n2c3cccc(-c4ccccc4)c3c3ccc4c5ccccc5sc4c32)c(C#N)c(-n2c3c(ccc4c5ccccc5sc43)c3ccc4c5ccccc5sc4c32)c1-c1ccccc1. The van der Waals surface area contributed by atoms with Gasteiger partial charge in [0.15, 0.2) is 0 Å². The third-order valence-corrected chi connectivity index (χ3v) is 19.0. The lowest BCUT2D eigenvalue weighted by molar-refractivity contribution is 1.12. The zero-order valence-corrected chi connectivity index (χ0v) is 42.2. The van der Waals surface area contributed by atoms with Gasteiger partial charge in [-0.15, -0.1) is 34.0 Å². The van der Waals surface area contributed by atoms with Gasteiger partial charge < -0.3 is 9.13 Å². The second kappa shape index (κ2) is 16.1. The molecule has 0 atom stereocenters. The molecule has 16 aromatic rings. The molecule has 7 heteroatoms. The standard InChI is InChI=1S/C68H36N4S3/c69-37-52-58(40-19-6-2-7-20-40)61(71-54-27-16-26-42(39-17-4-1-5-18-39)60(54)51-36-35-50-45-25-12-15-30-57(45)75-68(50)65(51)71)53(38-70)62(59(52)41-21-8-3-9-22-41)72-63-46(31-33-48-43-23-10-13-28-55(43)73-66(48)63)47-32-34-49-44-24-11-14-29-56(44)74-67(49)64(47)72/h1-36H. The summed E-state index contributed by atoms with van der Waals surface area (Å²) in [6.45, 7) is 0. The van der Waals surface area contributed by atoms with E-state index in [0.29, 0.717) is 33.6 Å². The average molecular weight is 1010 g/mol. The summed E-state index contributed by atoms with van der Waals surface area (Å²) in [6.07, 6.45) is 0. The summed E-state index contributed by atoms with van der Waals surface area (Å²) >= 11 is 5.36. The zero-order valence-electron chi connectivity index (χ0n) is 39.8. The normalized spacial score (nSPS) is 12.0. The molecular formula is C68H36N4S3. The molecule has 0 aliphatic heterocycles. The van der Waals surface area contributed by atoms with Gasteiger partial charge in [-0.3, -0.25) is 0 Å². The van der Waals surface area contributed by atoms with E-state index in [1.807, 2.05) is 36.4 Å². The topological polar surface area (TPSA) is 57.4 Å². The highest BCUT2D eigenvalue weighted by Crippen LogP contribution is 2.54. The van der Waals surface area contributed by atoms with Crippen LogP contribution in [0.5, 0.6) is 0 Å². The van der Waals surface area contributed by atoms with Crippen molar-refractivity contribution in [3.05, 3.63) is 230 Å². The molecule has 0 radical (unpaired) electrons. The van der Waals surface area contributed by atoms with Gasteiger partial charge in [0.1, 0.15) is 17.7 Å². The molecule has 5 aromatic heterocycles. The maximum atomic E-state index is 12.8. The molecule has 5 heterocycles. The maximum Gasteiger partial charge on any atom is 0.104 e. The van der Waals surface area contributed by atoms with Crippen molar-refractivity contribution in [2.75, 3.05) is 0 Å². The van der Waals surface area contributed by atoms with E-state index in [2.05, 4.69) is 203 Å². The highest BCUT2D eigenvalue weighted by Gasteiger charge is 2.34. The molecule has 0 bridgehead atoms. The summed E-state index contributed by atoms with van der Waals surface area (Å²) in [4.78, 5) is 0. The van der Waals surface area contributed by atoms with Gasteiger partial charge in [0.2, 0.25) is 0 Å². The van der Waals surface area contributed by atoms with Gasteiger partial charge in [-0.2, -0.15) is 10.5 Å². The molecule has 0 amide bonds. The van der Waals surface area contributed by atoms with Crippen molar-refractivity contribution in [2.24, 2.45) is 0 Å². The fourth-order valence-electron chi connectivity index (χ4n) is 12.3. The first kappa shape index (κ1) is 42.2. The summed E-state index contributed by atoms with van der Waals surface area (Å²) in [6, 6.07) is 83.3. The van der Waals surface area contributed by atoms with E-state index < -0.39 is 0 Å². The summed E-state index contributed by atoms with van der Waals surface area (Å²) in [5.41, 5.74) is 11.6. The molecule has 16 rings (SSSR count). The van der Waals surface area contributed by atoms with Gasteiger partial charge >= 0.3 is 0 Å². The third kappa shape index (κ3) is 5.83. The Kier molecular flexibility index (Phi) is 9.05. The molecular weight excluding hydrogens is 969 g/mol. The number of rotatable bonds is 5. The molecule has 346 valence electrons. The van der Waals surface area contributed by atoms with Crippen LogP contribution >= 0.6 is 34.0 Å². The maximum absolute atomic E-state index is 12.8. The van der Waals surface area contributed by atoms with Crippen molar-refractivity contribution < 1.29 is 0 Å². The Labute approximate surface area is 441 Å². The zero-order chi connectivity index (χ0) is 49.5. The number of thiophene rings is 3. The Bertz CT molecular complexity index is 5070. The number of nitriles is 2. The Hall–Kier alpha value is -9.34. The van der Waals surface area contributed by atoms with Gasteiger partial charge in [0.25, 0.3) is 0 Å². The lowest BCUT2D eigenvalue weighted by Gasteiger charge is -2.25. The van der Waals surface area contributed by atoms with Crippen molar-refractivity contribution in [1.82, 2.24) is 9.13 Å². The fraction of sp³-hybridized carbons (Fsp3) is 0. The fourth-order valence-corrected chi connectivity index (χ4v) is 16.1. The summed E-state index contributed by atoms with van der Waals surface area (Å²) < 4.78 is 11.7. The van der Waals surface area contributed by atoms with Gasteiger partial charge in [-0.1, -0.05) is 194 Å². The van der Waals surface area contributed by atoms with Crippen LogP contribution in [0.1, 0.15) is 11.1 Å². The van der Waals surface area contributed by atoms with Crippen LogP contribution in [0.3, 0.4) is 0 Å². The van der Waals surface area contributed by atoms with Crippen molar-refractivity contribution in [1.29, 1.82) is 10.5 Å². The van der Waals surface area contributed by atoms with Crippen molar-refractivity contribution in [3.8, 4) is 56.9 Å². The van der Waals surface area contributed by atoms with E-state index in [4.69, 9.17) is 0 Å². The second-order valence-electron chi connectivity index (χ2n) is 19.2. The van der Waals surface area contributed by atoms with Gasteiger partial charge in [-0.05, 0) is 46.5 Å². The Morgan fingerprint density at radius 3 is 1.16 bits per heavy atom. The van der Waals surface area contributed by atoms with Crippen LogP contribution in [0.4, 0.5) is 0 Å². The van der Waals surface area contributed by atoms with Crippen molar-refractivity contribution >= 4 is 138 Å². The molecule has 0 aliphatic rings. The van der Waals surface area contributed by atoms with Crippen LogP contribution in [-0.2, 0) is 0 Å². The smallest absolute Gasteiger partial charge is 0.104 e. The molecule has 0 N–H and O–H groups in total. The number of fused-ring (bicyclic) bond motifs is 18. The average Bonchev–Trinajstić information content (AvgIpc) is 4.30. The molecule has 0 saturated heterocycles. The molecule has 11 aromatic carbocycles. The van der Waals surface area contributed by atoms with Crippen molar-refractivity contribution in [2.45, 2.75) is 0 Å². The molecule has 0 unspecified atom stereocenters. The summed E-state index contributed by atoms with van der Waals surface area (Å²) in [5.74, 6) is 0.